The van der Waals surface area contributed by atoms with Crippen LogP contribution in [0.25, 0.3) is 0 Å². The first-order chi connectivity index (χ1) is 10.3. The zero-order chi connectivity index (χ0) is 16.6. The lowest BCUT2D eigenvalue weighted by molar-refractivity contribution is -0.204. The molecule has 1 atom stereocenters. The summed E-state index contributed by atoms with van der Waals surface area (Å²) in [7, 11) is 0. The SMILES string of the molecule is CC(C)(C)CC(OC(=O)COC(=O)CO)OC1CCCCC1. The number of aliphatic hydroxyl groups excluding tert-OH is 1. The third kappa shape index (κ3) is 8.34. The highest BCUT2D eigenvalue weighted by Crippen LogP contribution is 2.27. The molecule has 1 aliphatic carbocycles. The molecule has 0 spiro atoms. The zero-order valence-corrected chi connectivity index (χ0v) is 13.8. The Bertz CT molecular complexity index is 354. The van der Waals surface area contributed by atoms with Gasteiger partial charge < -0.3 is 19.3 Å². The Morgan fingerprint density at radius 2 is 1.77 bits per heavy atom. The van der Waals surface area contributed by atoms with E-state index in [0.29, 0.717) is 6.42 Å². The molecule has 0 aromatic heterocycles. The average Bonchev–Trinajstić information content (AvgIpc) is 2.44. The number of esters is 2. The Hall–Kier alpha value is -1.14. The predicted octanol–water partition coefficient (Wildman–Crippen LogP) is 2.18. The number of carbonyl (C=O) groups excluding carboxylic acids is 2. The van der Waals surface area contributed by atoms with Crippen molar-refractivity contribution >= 4 is 11.9 Å². The number of rotatable bonds is 7. The largest absolute Gasteiger partial charge is 0.452 e. The second-order valence-corrected chi connectivity index (χ2v) is 6.90. The monoisotopic (exact) mass is 316 g/mol. The van der Waals surface area contributed by atoms with E-state index in [2.05, 4.69) is 4.74 Å². The van der Waals surface area contributed by atoms with Crippen LogP contribution in [0, 0.1) is 5.41 Å². The topological polar surface area (TPSA) is 82.1 Å². The van der Waals surface area contributed by atoms with E-state index >= 15 is 0 Å². The molecule has 1 aliphatic rings. The lowest BCUT2D eigenvalue weighted by Crippen LogP contribution is -2.33. The van der Waals surface area contributed by atoms with E-state index < -0.39 is 31.4 Å². The lowest BCUT2D eigenvalue weighted by atomic mass is 9.91. The van der Waals surface area contributed by atoms with Gasteiger partial charge in [0.15, 0.2) is 6.61 Å². The fraction of sp³-hybridized carbons (Fsp3) is 0.875. The first kappa shape index (κ1) is 18.9. The van der Waals surface area contributed by atoms with Crippen LogP contribution in [0.4, 0.5) is 0 Å². The number of hydrogen-bond donors (Lipinski definition) is 1. The Morgan fingerprint density at radius 3 is 2.32 bits per heavy atom. The zero-order valence-electron chi connectivity index (χ0n) is 13.8. The van der Waals surface area contributed by atoms with Gasteiger partial charge in [-0.15, -0.1) is 0 Å². The van der Waals surface area contributed by atoms with E-state index in [0.717, 1.165) is 25.7 Å². The molecule has 1 saturated carbocycles. The van der Waals surface area contributed by atoms with Crippen LogP contribution in [-0.4, -0.2) is 42.7 Å². The molecule has 0 aromatic carbocycles. The van der Waals surface area contributed by atoms with Crippen molar-refractivity contribution in [1.82, 2.24) is 0 Å². The Balaban J connectivity index is 2.49. The minimum Gasteiger partial charge on any atom is -0.452 e. The van der Waals surface area contributed by atoms with Crippen molar-refractivity contribution in [3.8, 4) is 0 Å². The third-order valence-electron chi connectivity index (χ3n) is 3.42. The molecule has 0 radical (unpaired) electrons. The molecule has 0 heterocycles. The number of ether oxygens (including phenoxy) is 3. The minimum absolute atomic E-state index is 0.0542. The van der Waals surface area contributed by atoms with Crippen molar-refractivity contribution in [3.63, 3.8) is 0 Å². The van der Waals surface area contributed by atoms with Crippen molar-refractivity contribution in [2.45, 2.75) is 71.7 Å². The van der Waals surface area contributed by atoms with E-state index in [1.807, 2.05) is 20.8 Å². The Kier molecular flexibility index (Phi) is 7.82. The van der Waals surface area contributed by atoms with Crippen LogP contribution in [-0.2, 0) is 23.8 Å². The first-order valence-corrected chi connectivity index (χ1v) is 7.91. The van der Waals surface area contributed by atoms with Gasteiger partial charge in [0.25, 0.3) is 0 Å². The highest BCUT2D eigenvalue weighted by molar-refractivity contribution is 5.76. The summed E-state index contributed by atoms with van der Waals surface area (Å²) < 4.78 is 15.8. The minimum atomic E-state index is -0.850. The fourth-order valence-electron chi connectivity index (χ4n) is 2.40. The molecule has 128 valence electrons. The number of hydrogen-bond acceptors (Lipinski definition) is 6. The van der Waals surface area contributed by atoms with Gasteiger partial charge in [0.2, 0.25) is 6.29 Å². The molecular formula is C16H28O6. The molecule has 6 nitrogen and oxygen atoms in total. The summed E-state index contributed by atoms with van der Waals surface area (Å²) in [5.74, 6) is -1.51. The fourth-order valence-corrected chi connectivity index (χ4v) is 2.40. The van der Waals surface area contributed by atoms with Gasteiger partial charge in [-0.1, -0.05) is 40.0 Å². The quantitative estimate of drug-likeness (QED) is 0.572. The molecule has 0 amide bonds. The summed E-state index contributed by atoms with van der Waals surface area (Å²) in [6, 6.07) is 0. The van der Waals surface area contributed by atoms with Crippen molar-refractivity contribution in [2.24, 2.45) is 5.41 Å². The van der Waals surface area contributed by atoms with E-state index in [9.17, 15) is 9.59 Å². The molecule has 1 unspecified atom stereocenters. The predicted molar refractivity (Wildman–Crippen MR) is 80.0 cm³/mol. The summed E-state index contributed by atoms with van der Waals surface area (Å²) in [6.45, 7) is 4.88. The van der Waals surface area contributed by atoms with E-state index in [-0.39, 0.29) is 11.5 Å². The molecule has 0 saturated heterocycles. The summed E-state index contributed by atoms with van der Waals surface area (Å²) in [5.41, 5.74) is -0.0542. The summed E-state index contributed by atoms with van der Waals surface area (Å²) in [4.78, 5) is 22.6. The smallest absolute Gasteiger partial charge is 0.346 e. The first-order valence-electron chi connectivity index (χ1n) is 7.91. The summed E-state index contributed by atoms with van der Waals surface area (Å²) >= 11 is 0. The van der Waals surface area contributed by atoms with Gasteiger partial charge in [-0.3, -0.25) is 0 Å². The maximum atomic E-state index is 11.7. The maximum absolute atomic E-state index is 11.7. The molecule has 0 aromatic rings. The van der Waals surface area contributed by atoms with E-state index in [1.165, 1.54) is 6.42 Å². The van der Waals surface area contributed by atoms with E-state index in [1.54, 1.807) is 0 Å². The van der Waals surface area contributed by atoms with Gasteiger partial charge in [0.05, 0.1) is 6.10 Å². The third-order valence-corrected chi connectivity index (χ3v) is 3.42. The van der Waals surface area contributed by atoms with Gasteiger partial charge >= 0.3 is 11.9 Å². The number of carbonyl (C=O) groups is 2. The van der Waals surface area contributed by atoms with Crippen molar-refractivity contribution in [3.05, 3.63) is 0 Å². The highest BCUT2D eigenvalue weighted by atomic mass is 16.7. The van der Waals surface area contributed by atoms with Gasteiger partial charge in [0, 0.05) is 6.42 Å². The standard InChI is InChI=1S/C16H28O6/c1-16(2,3)9-15(21-12-7-5-4-6-8-12)22-14(19)11-20-13(18)10-17/h12,15,17H,4-11H2,1-3H3. The van der Waals surface area contributed by atoms with Gasteiger partial charge in [-0.05, 0) is 18.3 Å². The van der Waals surface area contributed by atoms with Gasteiger partial charge in [0.1, 0.15) is 6.61 Å². The van der Waals surface area contributed by atoms with Gasteiger partial charge in [-0.2, -0.15) is 0 Å². The normalized spacial score (nSPS) is 17.8. The van der Waals surface area contributed by atoms with Gasteiger partial charge in [-0.25, -0.2) is 9.59 Å². The van der Waals surface area contributed by atoms with Crippen LogP contribution < -0.4 is 0 Å². The van der Waals surface area contributed by atoms with Crippen LogP contribution in [0.5, 0.6) is 0 Å². The number of aliphatic hydroxyl groups is 1. The van der Waals surface area contributed by atoms with Crippen molar-refractivity contribution < 1.29 is 28.9 Å². The average molecular weight is 316 g/mol. The second-order valence-electron chi connectivity index (χ2n) is 6.90. The second kappa shape index (κ2) is 9.10. The van der Waals surface area contributed by atoms with E-state index in [4.69, 9.17) is 14.6 Å². The highest BCUT2D eigenvalue weighted by Gasteiger charge is 2.27. The van der Waals surface area contributed by atoms with Crippen LogP contribution >= 0.6 is 0 Å². The van der Waals surface area contributed by atoms with Crippen LogP contribution in [0.15, 0.2) is 0 Å². The van der Waals surface area contributed by atoms with Crippen LogP contribution in [0.1, 0.15) is 59.3 Å². The van der Waals surface area contributed by atoms with Crippen LogP contribution in [0.3, 0.4) is 0 Å². The summed E-state index contributed by atoms with van der Waals surface area (Å²) in [6.07, 6.45) is 5.51. The molecule has 1 N–H and O–H groups in total. The molecule has 0 aliphatic heterocycles. The Morgan fingerprint density at radius 1 is 1.14 bits per heavy atom. The molecule has 22 heavy (non-hydrogen) atoms. The Labute approximate surface area is 132 Å². The lowest BCUT2D eigenvalue weighted by Gasteiger charge is -2.31. The summed E-state index contributed by atoms with van der Waals surface area (Å²) in [5, 5.41) is 8.55. The van der Waals surface area contributed by atoms with Crippen LogP contribution in [0.2, 0.25) is 0 Å². The molecule has 0 bridgehead atoms. The molecular weight excluding hydrogens is 288 g/mol. The molecule has 6 heteroatoms. The maximum Gasteiger partial charge on any atom is 0.346 e. The molecule has 1 rings (SSSR count). The molecule has 1 fully saturated rings. The van der Waals surface area contributed by atoms with Crippen molar-refractivity contribution in [2.75, 3.05) is 13.2 Å². The van der Waals surface area contributed by atoms with Crippen molar-refractivity contribution in [1.29, 1.82) is 0 Å².